The highest BCUT2D eigenvalue weighted by molar-refractivity contribution is 5.42. The van der Waals surface area contributed by atoms with Crippen molar-refractivity contribution in [3.63, 3.8) is 0 Å². The van der Waals surface area contributed by atoms with Crippen LogP contribution in [0.4, 0.5) is 26.3 Å². The standard InChI is InChI=1S/C26H28F6O2.C2H6.CH5N/c1-5-6-7-8-17(4)11-22(18-9-10-23(28)24(14-18)33-16(2)3)19-12-20(27)15-21(13-19)34-26(31,32)25(29)30;2*1-2/h6-10,12-16,22,25H,5,11H2,1-4H3;1-2H3;2H2,1H3/b7-6-,17-8?;;/t22-;;/m1../s1. The van der Waals surface area contributed by atoms with Gasteiger partial charge in [0.1, 0.15) is 11.6 Å². The minimum atomic E-state index is -4.78. The van der Waals surface area contributed by atoms with E-state index in [1.165, 1.54) is 25.2 Å². The molecule has 214 valence electrons. The van der Waals surface area contributed by atoms with Gasteiger partial charge in [0.25, 0.3) is 0 Å². The van der Waals surface area contributed by atoms with Crippen LogP contribution in [-0.4, -0.2) is 25.7 Å². The van der Waals surface area contributed by atoms with E-state index in [0.717, 1.165) is 24.1 Å². The summed E-state index contributed by atoms with van der Waals surface area (Å²) >= 11 is 0. The molecular formula is C29H39F6NO2. The number of alkyl halides is 4. The molecule has 2 aromatic rings. The Morgan fingerprint density at radius 1 is 1.00 bits per heavy atom. The zero-order valence-electron chi connectivity index (χ0n) is 23.0. The molecule has 0 aromatic heterocycles. The van der Waals surface area contributed by atoms with Gasteiger partial charge in [-0.15, -0.1) is 0 Å². The Kier molecular flexibility index (Phi) is 16.2. The molecule has 0 aliphatic carbocycles. The van der Waals surface area contributed by atoms with Crippen molar-refractivity contribution < 1.29 is 35.8 Å². The highest BCUT2D eigenvalue weighted by Crippen LogP contribution is 2.37. The molecule has 9 heteroatoms. The van der Waals surface area contributed by atoms with Crippen LogP contribution in [-0.2, 0) is 0 Å². The lowest BCUT2D eigenvalue weighted by Crippen LogP contribution is -2.33. The van der Waals surface area contributed by atoms with Crippen molar-refractivity contribution in [3.8, 4) is 11.5 Å². The summed E-state index contributed by atoms with van der Waals surface area (Å²) in [5.41, 5.74) is 6.10. The molecule has 2 rings (SSSR count). The Labute approximate surface area is 222 Å². The normalized spacial score (nSPS) is 12.6. The smallest absolute Gasteiger partial charge is 0.461 e. The van der Waals surface area contributed by atoms with Crippen LogP contribution < -0.4 is 15.2 Å². The highest BCUT2D eigenvalue weighted by atomic mass is 19.3. The molecule has 0 heterocycles. The van der Waals surface area contributed by atoms with Gasteiger partial charge in [-0.25, -0.2) is 8.78 Å². The zero-order valence-corrected chi connectivity index (χ0v) is 23.0. The largest absolute Gasteiger partial charge is 0.488 e. The van der Waals surface area contributed by atoms with E-state index in [0.29, 0.717) is 18.1 Å². The predicted molar refractivity (Wildman–Crippen MR) is 141 cm³/mol. The van der Waals surface area contributed by atoms with Gasteiger partial charge in [-0.05, 0) is 76.1 Å². The van der Waals surface area contributed by atoms with Crippen molar-refractivity contribution in [2.75, 3.05) is 7.05 Å². The number of rotatable bonds is 11. The molecular weight excluding hydrogens is 508 g/mol. The molecule has 0 unspecified atom stereocenters. The van der Waals surface area contributed by atoms with Crippen molar-refractivity contribution >= 4 is 0 Å². The van der Waals surface area contributed by atoms with Crippen molar-refractivity contribution in [2.45, 2.75) is 78.9 Å². The summed E-state index contributed by atoms with van der Waals surface area (Å²) in [5.74, 6) is -2.90. The summed E-state index contributed by atoms with van der Waals surface area (Å²) < 4.78 is 90.4. The number of nitrogens with two attached hydrogens (primary N) is 1. The van der Waals surface area contributed by atoms with Gasteiger partial charge in [0.2, 0.25) is 0 Å². The van der Waals surface area contributed by atoms with Gasteiger partial charge >= 0.3 is 12.5 Å². The third-order valence-corrected chi connectivity index (χ3v) is 4.80. The average Bonchev–Trinajstić information content (AvgIpc) is 2.85. The lowest BCUT2D eigenvalue weighted by atomic mass is 9.85. The number of halogens is 6. The zero-order chi connectivity index (χ0) is 29.5. The topological polar surface area (TPSA) is 44.5 Å². The Bertz CT molecular complexity index is 1020. The van der Waals surface area contributed by atoms with Crippen LogP contribution in [0, 0.1) is 11.6 Å². The number of allylic oxidation sites excluding steroid dienone is 4. The van der Waals surface area contributed by atoms with Crippen LogP contribution in [0.25, 0.3) is 0 Å². The summed E-state index contributed by atoms with van der Waals surface area (Å²) in [6.45, 7) is 11.3. The van der Waals surface area contributed by atoms with E-state index in [-0.39, 0.29) is 17.4 Å². The molecule has 0 radical (unpaired) electrons. The maximum atomic E-state index is 14.4. The second-order valence-electron chi connectivity index (χ2n) is 8.15. The first-order valence-corrected chi connectivity index (χ1v) is 12.4. The summed E-state index contributed by atoms with van der Waals surface area (Å²) in [6, 6.07) is 6.97. The van der Waals surface area contributed by atoms with Gasteiger partial charge in [-0.3, -0.25) is 0 Å². The summed E-state index contributed by atoms with van der Waals surface area (Å²) in [6.07, 6.45) is -2.39. The number of hydrogen-bond donors (Lipinski definition) is 1. The van der Waals surface area contributed by atoms with E-state index in [1.54, 1.807) is 13.8 Å². The van der Waals surface area contributed by atoms with Crippen molar-refractivity contribution in [2.24, 2.45) is 5.73 Å². The Hall–Kier alpha value is -2.94. The van der Waals surface area contributed by atoms with Gasteiger partial charge in [-0.1, -0.05) is 50.6 Å². The fourth-order valence-electron chi connectivity index (χ4n) is 3.31. The lowest BCUT2D eigenvalue weighted by molar-refractivity contribution is -0.253. The van der Waals surface area contributed by atoms with Gasteiger partial charge in [0, 0.05) is 12.0 Å². The molecule has 0 fully saturated rings. The number of ether oxygens (including phenoxy) is 2. The molecule has 0 aliphatic heterocycles. The van der Waals surface area contributed by atoms with Crippen molar-refractivity contribution in [1.29, 1.82) is 0 Å². The van der Waals surface area contributed by atoms with Gasteiger partial charge in [0.05, 0.1) is 6.10 Å². The van der Waals surface area contributed by atoms with E-state index in [4.69, 9.17) is 4.74 Å². The third-order valence-electron chi connectivity index (χ3n) is 4.80. The molecule has 38 heavy (non-hydrogen) atoms. The molecule has 0 aliphatic rings. The minimum absolute atomic E-state index is 0.0119. The van der Waals surface area contributed by atoms with Gasteiger partial charge < -0.3 is 15.2 Å². The molecule has 1 atom stereocenters. The van der Waals surface area contributed by atoms with Crippen LogP contribution in [0.2, 0.25) is 0 Å². The van der Waals surface area contributed by atoms with E-state index in [1.807, 2.05) is 45.9 Å². The first kappa shape index (κ1) is 35.1. The third kappa shape index (κ3) is 11.6. The molecule has 0 saturated heterocycles. The van der Waals surface area contributed by atoms with E-state index in [2.05, 4.69) is 10.5 Å². The van der Waals surface area contributed by atoms with E-state index >= 15 is 0 Å². The Balaban J connectivity index is 0.00000326. The van der Waals surface area contributed by atoms with Crippen LogP contribution in [0.3, 0.4) is 0 Å². The quantitative estimate of drug-likeness (QED) is 0.226. The maximum absolute atomic E-state index is 14.4. The van der Waals surface area contributed by atoms with Crippen LogP contribution >= 0.6 is 0 Å². The molecule has 0 amide bonds. The second-order valence-corrected chi connectivity index (χ2v) is 8.15. The lowest BCUT2D eigenvalue weighted by Gasteiger charge is -2.22. The summed E-state index contributed by atoms with van der Waals surface area (Å²) in [5, 5.41) is 0. The molecule has 2 N–H and O–H groups in total. The fourth-order valence-corrected chi connectivity index (χ4v) is 3.31. The SMILES string of the molecule is CC.CC/C=C\C=C(C)C[C@@H](c1cc(F)cc(OC(F)(F)C(F)F)c1)c1ccc(F)c(OC(C)C)c1.CN. The molecule has 3 nitrogen and oxygen atoms in total. The molecule has 0 saturated carbocycles. The molecule has 0 spiro atoms. The molecule has 0 bridgehead atoms. The Morgan fingerprint density at radius 3 is 2.18 bits per heavy atom. The van der Waals surface area contributed by atoms with Crippen LogP contribution in [0.15, 0.2) is 60.2 Å². The van der Waals surface area contributed by atoms with Crippen molar-refractivity contribution in [1.82, 2.24) is 0 Å². The van der Waals surface area contributed by atoms with Crippen molar-refractivity contribution in [3.05, 3.63) is 83.0 Å². The predicted octanol–water partition coefficient (Wildman–Crippen LogP) is 9.02. The van der Waals surface area contributed by atoms with Crippen LogP contribution in [0.5, 0.6) is 11.5 Å². The first-order chi connectivity index (χ1) is 17.9. The van der Waals surface area contributed by atoms with E-state index < -0.39 is 35.8 Å². The first-order valence-electron chi connectivity index (χ1n) is 12.4. The highest BCUT2D eigenvalue weighted by Gasteiger charge is 2.44. The summed E-state index contributed by atoms with van der Waals surface area (Å²) in [7, 11) is 1.50. The summed E-state index contributed by atoms with van der Waals surface area (Å²) in [4.78, 5) is 0. The second kappa shape index (κ2) is 17.5. The van der Waals surface area contributed by atoms with Crippen LogP contribution in [0.1, 0.15) is 71.4 Å². The average molecular weight is 548 g/mol. The van der Waals surface area contributed by atoms with E-state index in [9.17, 15) is 26.3 Å². The van der Waals surface area contributed by atoms with Gasteiger partial charge in [-0.2, -0.15) is 17.6 Å². The van der Waals surface area contributed by atoms with Gasteiger partial charge in [0.15, 0.2) is 11.6 Å². The number of hydrogen-bond acceptors (Lipinski definition) is 3. The fraction of sp³-hybridized carbons (Fsp3) is 0.448. The number of benzene rings is 2. The molecule has 2 aromatic carbocycles. The maximum Gasteiger partial charge on any atom is 0.461 e. The minimum Gasteiger partial charge on any atom is -0.488 e. The Morgan fingerprint density at radius 2 is 1.63 bits per heavy atom. The monoisotopic (exact) mass is 547 g/mol.